The number of aliphatic hydroxyl groups excluding tert-OH is 1. The summed E-state index contributed by atoms with van der Waals surface area (Å²) >= 11 is 0. The van der Waals surface area contributed by atoms with Gasteiger partial charge in [-0.2, -0.15) is 5.10 Å². The van der Waals surface area contributed by atoms with Crippen LogP contribution < -0.4 is 10.6 Å². The minimum atomic E-state index is -0.583. The second kappa shape index (κ2) is 7.55. The molecule has 1 aromatic carbocycles. The number of benzene rings is 1. The van der Waals surface area contributed by atoms with Crippen molar-refractivity contribution in [3.63, 3.8) is 0 Å². The fourth-order valence-electron chi connectivity index (χ4n) is 3.03. The highest BCUT2D eigenvalue weighted by Gasteiger charge is 2.25. The van der Waals surface area contributed by atoms with Crippen LogP contribution >= 0.6 is 0 Å². The summed E-state index contributed by atoms with van der Waals surface area (Å²) in [6.45, 7) is 1.51. The van der Waals surface area contributed by atoms with E-state index in [2.05, 4.69) is 25.8 Å². The van der Waals surface area contributed by atoms with E-state index in [4.69, 9.17) is 0 Å². The first-order valence-electron chi connectivity index (χ1n) is 9.18. The van der Waals surface area contributed by atoms with E-state index in [1.54, 1.807) is 12.1 Å². The summed E-state index contributed by atoms with van der Waals surface area (Å²) in [6.07, 6.45) is 2.27. The maximum Gasteiger partial charge on any atom is 0.170 e. The molecular weight excluding hydrogens is 364 g/mol. The molecule has 4 rings (SSSR count). The summed E-state index contributed by atoms with van der Waals surface area (Å²) in [7, 11) is 0. The predicted octanol–water partition coefficient (Wildman–Crippen LogP) is 4.37. The van der Waals surface area contributed by atoms with Crippen LogP contribution in [0.3, 0.4) is 0 Å². The SMILES string of the molecule is C[C@H](Nc1nc(Nc2cc(C3CC3)[nH]n2)c(F)cc1CO)c1ccc(F)cc1. The molecule has 3 aromatic rings. The normalized spacial score (nSPS) is 14.7. The van der Waals surface area contributed by atoms with Gasteiger partial charge >= 0.3 is 0 Å². The largest absolute Gasteiger partial charge is 0.392 e. The van der Waals surface area contributed by atoms with Gasteiger partial charge in [-0.15, -0.1) is 0 Å². The topological polar surface area (TPSA) is 85.9 Å². The summed E-state index contributed by atoms with van der Waals surface area (Å²) in [5.41, 5.74) is 2.20. The van der Waals surface area contributed by atoms with E-state index in [1.807, 2.05) is 13.0 Å². The van der Waals surface area contributed by atoms with Gasteiger partial charge in [-0.05, 0) is 43.5 Å². The molecule has 0 radical (unpaired) electrons. The van der Waals surface area contributed by atoms with Gasteiger partial charge in [0, 0.05) is 29.3 Å². The van der Waals surface area contributed by atoms with E-state index < -0.39 is 5.82 Å². The zero-order valence-electron chi connectivity index (χ0n) is 15.3. The number of halogens is 2. The van der Waals surface area contributed by atoms with Crippen molar-refractivity contribution >= 4 is 17.5 Å². The Bertz CT molecular complexity index is 969. The molecule has 0 amide bonds. The predicted molar refractivity (Wildman–Crippen MR) is 102 cm³/mol. The number of hydrogen-bond acceptors (Lipinski definition) is 5. The first kappa shape index (κ1) is 18.4. The lowest BCUT2D eigenvalue weighted by molar-refractivity contribution is 0.281. The Morgan fingerprint density at radius 2 is 1.93 bits per heavy atom. The third-order valence-corrected chi connectivity index (χ3v) is 4.81. The maximum absolute atomic E-state index is 14.4. The fourth-order valence-corrected chi connectivity index (χ4v) is 3.03. The van der Waals surface area contributed by atoms with Gasteiger partial charge in [0.1, 0.15) is 11.6 Å². The van der Waals surface area contributed by atoms with Gasteiger partial charge in [0.25, 0.3) is 0 Å². The van der Waals surface area contributed by atoms with Gasteiger partial charge in [0.15, 0.2) is 17.5 Å². The second-order valence-corrected chi connectivity index (χ2v) is 7.01. The van der Waals surface area contributed by atoms with Crippen molar-refractivity contribution in [1.29, 1.82) is 0 Å². The number of pyridine rings is 1. The average molecular weight is 385 g/mol. The molecule has 1 atom stereocenters. The Kier molecular flexibility index (Phi) is 4.95. The highest BCUT2D eigenvalue weighted by molar-refractivity contribution is 5.59. The number of rotatable bonds is 7. The Labute approximate surface area is 161 Å². The third kappa shape index (κ3) is 3.96. The van der Waals surface area contributed by atoms with E-state index >= 15 is 0 Å². The van der Waals surface area contributed by atoms with Crippen LogP contribution in [0.4, 0.5) is 26.2 Å². The van der Waals surface area contributed by atoms with Crippen LogP contribution in [0.2, 0.25) is 0 Å². The zero-order valence-corrected chi connectivity index (χ0v) is 15.3. The zero-order chi connectivity index (χ0) is 19.7. The summed E-state index contributed by atoms with van der Waals surface area (Å²) < 4.78 is 27.6. The molecule has 1 saturated carbocycles. The first-order chi connectivity index (χ1) is 13.5. The molecular formula is C20H21F2N5O. The molecule has 8 heteroatoms. The Morgan fingerprint density at radius 3 is 2.61 bits per heavy atom. The van der Waals surface area contributed by atoms with Crippen molar-refractivity contribution in [3.8, 4) is 0 Å². The Morgan fingerprint density at radius 1 is 1.18 bits per heavy atom. The van der Waals surface area contributed by atoms with Gasteiger partial charge in [0.2, 0.25) is 0 Å². The minimum Gasteiger partial charge on any atom is -0.392 e. The van der Waals surface area contributed by atoms with Gasteiger partial charge < -0.3 is 15.7 Å². The molecule has 6 nitrogen and oxygen atoms in total. The molecule has 0 spiro atoms. The molecule has 146 valence electrons. The summed E-state index contributed by atoms with van der Waals surface area (Å²) in [4.78, 5) is 4.31. The third-order valence-electron chi connectivity index (χ3n) is 4.81. The monoisotopic (exact) mass is 385 g/mol. The molecule has 2 aromatic heterocycles. The highest BCUT2D eigenvalue weighted by Crippen LogP contribution is 2.39. The molecule has 0 saturated heterocycles. The Balaban J connectivity index is 1.56. The van der Waals surface area contributed by atoms with Gasteiger partial charge in [-0.3, -0.25) is 5.10 Å². The van der Waals surface area contributed by atoms with Crippen molar-refractivity contribution in [2.45, 2.75) is 38.3 Å². The van der Waals surface area contributed by atoms with E-state index in [1.165, 1.54) is 18.2 Å². The van der Waals surface area contributed by atoms with Crippen LogP contribution in [0.15, 0.2) is 36.4 Å². The molecule has 1 fully saturated rings. The number of aromatic nitrogens is 3. The van der Waals surface area contributed by atoms with Crippen LogP contribution in [0.25, 0.3) is 0 Å². The second-order valence-electron chi connectivity index (χ2n) is 7.01. The number of aliphatic hydroxyl groups is 1. The summed E-state index contributed by atoms with van der Waals surface area (Å²) in [6, 6.07) is 8.95. The lowest BCUT2D eigenvalue weighted by Crippen LogP contribution is -2.12. The minimum absolute atomic E-state index is 0.0138. The van der Waals surface area contributed by atoms with Crippen molar-refractivity contribution < 1.29 is 13.9 Å². The quantitative estimate of drug-likeness (QED) is 0.485. The number of anilines is 3. The number of H-pyrrole nitrogens is 1. The number of nitrogens with zero attached hydrogens (tertiary/aromatic N) is 2. The lowest BCUT2D eigenvalue weighted by atomic mass is 10.1. The van der Waals surface area contributed by atoms with Crippen LogP contribution in [0, 0.1) is 11.6 Å². The molecule has 2 heterocycles. The Hall–Kier alpha value is -3.00. The van der Waals surface area contributed by atoms with Gasteiger partial charge in [0.05, 0.1) is 6.61 Å². The lowest BCUT2D eigenvalue weighted by Gasteiger charge is -2.18. The van der Waals surface area contributed by atoms with Crippen LogP contribution in [0.1, 0.15) is 48.5 Å². The van der Waals surface area contributed by atoms with Crippen molar-refractivity contribution in [2.75, 3.05) is 10.6 Å². The average Bonchev–Trinajstić information content (AvgIpc) is 3.44. The maximum atomic E-state index is 14.4. The smallest absolute Gasteiger partial charge is 0.170 e. The molecule has 0 aliphatic heterocycles. The number of hydrogen-bond donors (Lipinski definition) is 4. The van der Waals surface area contributed by atoms with Crippen LogP contribution in [-0.2, 0) is 6.61 Å². The molecule has 0 unspecified atom stereocenters. The highest BCUT2D eigenvalue weighted by atomic mass is 19.1. The summed E-state index contributed by atoms with van der Waals surface area (Å²) in [5.74, 6) is 0.456. The van der Waals surface area contributed by atoms with E-state index in [0.717, 1.165) is 24.1 Å². The van der Waals surface area contributed by atoms with Crippen molar-refractivity contribution in [1.82, 2.24) is 15.2 Å². The number of aromatic amines is 1. The van der Waals surface area contributed by atoms with Gasteiger partial charge in [-0.1, -0.05) is 12.1 Å². The van der Waals surface area contributed by atoms with E-state index in [0.29, 0.717) is 23.1 Å². The van der Waals surface area contributed by atoms with Crippen molar-refractivity contribution in [2.24, 2.45) is 0 Å². The van der Waals surface area contributed by atoms with Crippen LogP contribution in [0.5, 0.6) is 0 Å². The van der Waals surface area contributed by atoms with E-state index in [9.17, 15) is 13.9 Å². The molecule has 1 aliphatic carbocycles. The first-order valence-corrected chi connectivity index (χ1v) is 9.18. The van der Waals surface area contributed by atoms with Crippen LogP contribution in [-0.4, -0.2) is 20.3 Å². The van der Waals surface area contributed by atoms with E-state index in [-0.39, 0.29) is 24.3 Å². The van der Waals surface area contributed by atoms with Gasteiger partial charge in [-0.25, -0.2) is 13.8 Å². The molecule has 4 N–H and O–H groups in total. The molecule has 0 bridgehead atoms. The van der Waals surface area contributed by atoms with Crippen molar-refractivity contribution in [3.05, 3.63) is 64.9 Å². The standard InChI is InChI=1S/C20H21F2N5O/c1-11(12-4-6-15(21)7-5-12)23-19-14(10-28)8-16(22)20(25-19)24-18-9-17(26-27-18)13-2-3-13/h4-9,11,13,28H,2-3,10H2,1H3,(H3,23,24,25,26,27)/t11-/m0/s1. The number of nitrogens with one attached hydrogen (secondary N) is 3. The summed E-state index contributed by atoms with van der Waals surface area (Å²) in [5, 5.41) is 22.7. The fraction of sp³-hybridized carbons (Fsp3) is 0.300. The molecule has 28 heavy (non-hydrogen) atoms. The molecule has 1 aliphatic rings.